The van der Waals surface area contributed by atoms with Crippen molar-refractivity contribution >= 4 is 35.4 Å². The number of para-hydroxylation sites is 1. The lowest BCUT2D eigenvalue weighted by molar-refractivity contribution is -0.141. The minimum absolute atomic E-state index is 0.276. The van der Waals surface area contributed by atoms with Gasteiger partial charge in [-0.15, -0.1) is 0 Å². The van der Waals surface area contributed by atoms with Crippen LogP contribution in [-0.4, -0.2) is 53.0 Å². The van der Waals surface area contributed by atoms with Gasteiger partial charge in [0.1, 0.15) is 17.7 Å². The van der Waals surface area contributed by atoms with Gasteiger partial charge in [0.15, 0.2) is 0 Å². The molecule has 2 N–H and O–H groups in total. The van der Waals surface area contributed by atoms with Gasteiger partial charge in [0.05, 0.1) is 0 Å². The maximum atomic E-state index is 14.4. The Labute approximate surface area is 251 Å². The molecular weight excluding hydrogens is 534 g/mol. The van der Waals surface area contributed by atoms with E-state index in [-0.39, 0.29) is 11.8 Å². The molecule has 0 saturated heterocycles. The van der Waals surface area contributed by atoms with Gasteiger partial charge in [-0.05, 0) is 88.6 Å². The van der Waals surface area contributed by atoms with Gasteiger partial charge in [0, 0.05) is 12.2 Å². The third-order valence-electron chi connectivity index (χ3n) is 6.91. The van der Waals surface area contributed by atoms with Crippen molar-refractivity contribution in [3.63, 3.8) is 0 Å². The zero-order valence-corrected chi connectivity index (χ0v) is 27.0. The van der Waals surface area contributed by atoms with Crippen molar-refractivity contribution in [1.82, 2.24) is 10.2 Å². The van der Waals surface area contributed by atoms with E-state index in [4.69, 9.17) is 4.74 Å². The molecule has 2 atom stereocenters. The fourth-order valence-electron chi connectivity index (χ4n) is 4.77. The maximum Gasteiger partial charge on any atom is 0.408 e. The standard InChI is InChI=1S/C33H49N3O4S/c1-9-10-11-14-21-36(31(38)27(20-22-41-8)34-32(39)40-33(5,6)7)29(26-19-13-12-16-23(26)2)30(37)35-28-24(3)17-15-18-25(28)4/h12-13,15-19,27,29H,9-11,14,20-22H2,1-8H3,(H,34,39)(H,35,37). The normalized spacial score (nSPS) is 12.8. The van der Waals surface area contributed by atoms with Crippen molar-refractivity contribution in [3.8, 4) is 0 Å². The monoisotopic (exact) mass is 583 g/mol. The molecule has 0 bridgehead atoms. The van der Waals surface area contributed by atoms with Crippen LogP contribution < -0.4 is 10.6 Å². The first-order valence-electron chi connectivity index (χ1n) is 14.6. The van der Waals surface area contributed by atoms with Crippen LogP contribution in [0.1, 0.15) is 88.1 Å². The molecule has 0 aliphatic rings. The predicted octanol–water partition coefficient (Wildman–Crippen LogP) is 7.35. The first-order chi connectivity index (χ1) is 19.4. The molecule has 3 amide bonds. The Balaban J connectivity index is 2.58. The number of carbonyl (C=O) groups excluding carboxylic acids is 3. The number of benzene rings is 2. The minimum Gasteiger partial charge on any atom is -0.444 e. The van der Waals surface area contributed by atoms with E-state index < -0.39 is 23.8 Å². The van der Waals surface area contributed by atoms with Gasteiger partial charge in [0.25, 0.3) is 5.91 Å². The van der Waals surface area contributed by atoms with E-state index in [0.29, 0.717) is 18.7 Å². The molecule has 0 aliphatic heterocycles. The Morgan fingerprint density at radius 1 is 0.927 bits per heavy atom. The SMILES string of the molecule is CCCCCCN(C(=O)C(CCSC)NC(=O)OC(C)(C)C)C(C(=O)Nc1c(C)cccc1C)c1ccccc1C. The second-order valence-electron chi connectivity index (χ2n) is 11.6. The molecule has 0 spiro atoms. The Kier molecular flexibility index (Phi) is 13.7. The fourth-order valence-corrected chi connectivity index (χ4v) is 5.24. The van der Waals surface area contributed by atoms with Gasteiger partial charge in [-0.3, -0.25) is 9.59 Å². The lowest BCUT2D eigenvalue weighted by Gasteiger charge is -2.35. The number of ether oxygens (including phenoxy) is 1. The fraction of sp³-hybridized carbons (Fsp3) is 0.545. The molecule has 2 rings (SSSR count). The van der Waals surface area contributed by atoms with Gasteiger partial charge in [-0.2, -0.15) is 11.8 Å². The first kappa shape index (κ1) is 34.2. The first-order valence-corrected chi connectivity index (χ1v) is 16.0. The minimum atomic E-state index is -0.874. The third kappa shape index (κ3) is 10.7. The molecule has 7 nitrogen and oxygen atoms in total. The summed E-state index contributed by atoms with van der Waals surface area (Å²) in [5, 5.41) is 5.97. The summed E-state index contributed by atoms with van der Waals surface area (Å²) in [6.07, 6.45) is 5.52. The van der Waals surface area contributed by atoms with Crippen LogP contribution >= 0.6 is 11.8 Å². The molecule has 0 aliphatic carbocycles. The highest BCUT2D eigenvalue weighted by atomic mass is 32.2. The molecule has 0 radical (unpaired) electrons. The van der Waals surface area contributed by atoms with Crippen LogP contribution in [0.25, 0.3) is 0 Å². The Morgan fingerprint density at radius 3 is 2.15 bits per heavy atom. The van der Waals surface area contributed by atoms with E-state index in [0.717, 1.165) is 53.6 Å². The van der Waals surface area contributed by atoms with Crippen LogP contribution in [0.15, 0.2) is 42.5 Å². The summed E-state index contributed by atoms with van der Waals surface area (Å²) >= 11 is 1.60. The molecule has 0 heterocycles. The van der Waals surface area contributed by atoms with Crippen molar-refractivity contribution < 1.29 is 19.1 Å². The number of carbonyl (C=O) groups is 3. The second-order valence-corrected chi connectivity index (χ2v) is 12.6. The van der Waals surface area contributed by atoms with Crippen molar-refractivity contribution in [2.45, 2.75) is 98.3 Å². The van der Waals surface area contributed by atoms with Crippen LogP contribution in [0.4, 0.5) is 10.5 Å². The number of unbranched alkanes of at least 4 members (excludes halogenated alkanes) is 3. The molecule has 41 heavy (non-hydrogen) atoms. The van der Waals surface area contributed by atoms with Crippen LogP contribution in [0, 0.1) is 20.8 Å². The largest absolute Gasteiger partial charge is 0.444 e. The van der Waals surface area contributed by atoms with Crippen LogP contribution in [0.3, 0.4) is 0 Å². The summed E-state index contributed by atoms with van der Waals surface area (Å²) in [6.45, 7) is 13.8. The van der Waals surface area contributed by atoms with Crippen LogP contribution in [0.5, 0.6) is 0 Å². The van der Waals surface area contributed by atoms with Gasteiger partial charge < -0.3 is 20.3 Å². The predicted molar refractivity (Wildman–Crippen MR) is 170 cm³/mol. The summed E-state index contributed by atoms with van der Waals surface area (Å²) in [5.74, 6) is 0.104. The van der Waals surface area contributed by atoms with Crippen molar-refractivity contribution in [2.75, 3.05) is 23.9 Å². The van der Waals surface area contributed by atoms with E-state index in [1.165, 1.54) is 0 Å². The molecule has 0 saturated carbocycles. The summed E-state index contributed by atoms with van der Waals surface area (Å²) in [5.41, 5.74) is 3.63. The van der Waals surface area contributed by atoms with Gasteiger partial charge in [-0.25, -0.2) is 4.79 Å². The molecular formula is C33H49N3O4S. The van der Waals surface area contributed by atoms with Crippen molar-refractivity contribution in [3.05, 3.63) is 64.7 Å². The Hall–Kier alpha value is -3.00. The summed E-state index contributed by atoms with van der Waals surface area (Å²) < 4.78 is 5.50. The molecule has 0 fully saturated rings. The Bertz CT molecular complexity index is 1140. The summed E-state index contributed by atoms with van der Waals surface area (Å²) in [7, 11) is 0. The molecule has 2 aromatic rings. The third-order valence-corrected chi connectivity index (χ3v) is 7.55. The molecule has 0 aromatic heterocycles. The zero-order chi connectivity index (χ0) is 30.6. The summed E-state index contributed by atoms with van der Waals surface area (Å²) in [4.78, 5) is 43.1. The number of hydrogen-bond donors (Lipinski definition) is 2. The smallest absolute Gasteiger partial charge is 0.408 e. The zero-order valence-electron chi connectivity index (χ0n) is 26.1. The number of hydrogen-bond acceptors (Lipinski definition) is 5. The van der Waals surface area contributed by atoms with Crippen molar-refractivity contribution in [2.24, 2.45) is 0 Å². The number of amides is 3. The number of nitrogens with one attached hydrogen (secondary N) is 2. The number of nitrogens with zero attached hydrogens (tertiary/aromatic N) is 1. The lowest BCUT2D eigenvalue weighted by Crippen LogP contribution is -2.53. The van der Waals surface area contributed by atoms with E-state index >= 15 is 0 Å². The number of rotatable bonds is 14. The highest BCUT2D eigenvalue weighted by Crippen LogP contribution is 2.29. The summed E-state index contributed by atoms with van der Waals surface area (Å²) in [6, 6.07) is 11.9. The quantitative estimate of drug-likeness (QED) is 0.227. The van der Waals surface area contributed by atoms with Crippen molar-refractivity contribution in [1.29, 1.82) is 0 Å². The van der Waals surface area contributed by atoms with Gasteiger partial charge in [-0.1, -0.05) is 68.7 Å². The van der Waals surface area contributed by atoms with E-state index in [9.17, 15) is 14.4 Å². The van der Waals surface area contributed by atoms with Crippen LogP contribution in [-0.2, 0) is 14.3 Å². The maximum absolute atomic E-state index is 14.4. The van der Waals surface area contributed by atoms with E-state index in [1.54, 1.807) is 37.4 Å². The average molecular weight is 584 g/mol. The van der Waals surface area contributed by atoms with Gasteiger partial charge >= 0.3 is 6.09 Å². The number of aryl methyl sites for hydroxylation is 3. The molecule has 226 valence electrons. The topological polar surface area (TPSA) is 87.7 Å². The number of anilines is 1. The molecule has 2 unspecified atom stereocenters. The van der Waals surface area contributed by atoms with Crippen LogP contribution in [0.2, 0.25) is 0 Å². The highest BCUT2D eigenvalue weighted by molar-refractivity contribution is 7.98. The number of alkyl carbamates (subject to hydrolysis) is 1. The number of thioether (sulfide) groups is 1. The van der Waals surface area contributed by atoms with E-state index in [2.05, 4.69) is 17.6 Å². The molecule has 8 heteroatoms. The molecule has 2 aromatic carbocycles. The van der Waals surface area contributed by atoms with Gasteiger partial charge in [0.2, 0.25) is 5.91 Å². The average Bonchev–Trinajstić information content (AvgIpc) is 2.89. The highest BCUT2D eigenvalue weighted by Gasteiger charge is 2.36. The lowest BCUT2D eigenvalue weighted by atomic mass is 9.97. The van der Waals surface area contributed by atoms with E-state index in [1.807, 2.05) is 69.5 Å². The second kappa shape index (κ2) is 16.4. The Morgan fingerprint density at radius 2 is 1.56 bits per heavy atom.